The van der Waals surface area contributed by atoms with Gasteiger partial charge in [-0.25, -0.2) is 4.68 Å². The van der Waals surface area contributed by atoms with Gasteiger partial charge in [0.25, 0.3) is 5.56 Å². The van der Waals surface area contributed by atoms with Crippen LogP contribution in [0.2, 0.25) is 0 Å². The Morgan fingerprint density at radius 2 is 1.96 bits per heavy atom. The van der Waals surface area contributed by atoms with Crippen LogP contribution in [-0.4, -0.2) is 51.9 Å². The number of nitrogens with zero attached hydrogens (tertiary/aromatic N) is 3. The average molecular weight is 371 g/mol. The van der Waals surface area contributed by atoms with Crippen LogP contribution in [0, 0.1) is 5.92 Å². The lowest BCUT2D eigenvalue weighted by atomic mass is 9.98. The Bertz CT molecular complexity index is 891. The number of benzene rings is 1. The number of rotatable bonds is 5. The quantitative estimate of drug-likeness (QED) is 0.849. The molecular weight excluding hydrogens is 350 g/mol. The van der Waals surface area contributed by atoms with E-state index in [9.17, 15) is 14.4 Å². The summed E-state index contributed by atoms with van der Waals surface area (Å²) in [5, 5.41) is 13.4. The van der Waals surface area contributed by atoms with Crippen molar-refractivity contribution >= 4 is 11.9 Å². The minimum atomic E-state index is -0.899. The third-order valence-corrected chi connectivity index (χ3v) is 4.66. The number of carboxylic acid groups (broad SMARTS) is 1. The molecule has 1 saturated heterocycles. The van der Waals surface area contributed by atoms with E-state index in [1.807, 2.05) is 12.1 Å². The average Bonchev–Trinajstić information content (AvgIpc) is 2.69. The summed E-state index contributed by atoms with van der Waals surface area (Å²) >= 11 is 0. The van der Waals surface area contributed by atoms with Gasteiger partial charge >= 0.3 is 5.97 Å². The number of aliphatic carboxylic acids is 1. The van der Waals surface area contributed by atoms with E-state index in [2.05, 4.69) is 5.10 Å². The lowest BCUT2D eigenvalue weighted by Gasteiger charge is -2.30. The normalized spacial score (nSPS) is 16.8. The van der Waals surface area contributed by atoms with Crippen LogP contribution < -0.4 is 10.3 Å². The second-order valence-corrected chi connectivity index (χ2v) is 6.46. The van der Waals surface area contributed by atoms with Gasteiger partial charge in [-0.3, -0.25) is 14.4 Å². The van der Waals surface area contributed by atoms with E-state index in [0.29, 0.717) is 30.8 Å². The molecule has 1 aromatic heterocycles. The van der Waals surface area contributed by atoms with Crippen molar-refractivity contribution in [2.45, 2.75) is 19.4 Å². The first-order chi connectivity index (χ1) is 13.0. The maximum Gasteiger partial charge on any atom is 0.308 e. The molecule has 1 aromatic carbocycles. The van der Waals surface area contributed by atoms with Gasteiger partial charge in [-0.05, 0) is 43.2 Å². The SMILES string of the molecule is COc1ccc(-c2ccc(=O)n(CC(=O)N3CCCC(C(=O)O)C3)n2)cc1. The van der Waals surface area contributed by atoms with E-state index in [1.54, 1.807) is 25.3 Å². The van der Waals surface area contributed by atoms with Gasteiger partial charge in [0.1, 0.15) is 12.3 Å². The van der Waals surface area contributed by atoms with Crippen LogP contribution >= 0.6 is 0 Å². The molecule has 1 aliphatic heterocycles. The van der Waals surface area contributed by atoms with Crippen LogP contribution in [0.25, 0.3) is 11.3 Å². The predicted octanol–water partition coefficient (Wildman–Crippen LogP) is 1.24. The van der Waals surface area contributed by atoms with Crippen molar-refractivity contribution in [2.24, 2.45) is 5.92 Å². The van der Waals surface area contributed by atoms with Crippen LogP contribution in [0.15, 0.2) is 41.2 Å². The Labute approximate surface area is 156 Å². The molecule has 0 aliphatic carbocycles. The smallest absolute Gasteiger partial charge is 0.308 e. The summed E-state index contributed by atoms with van der Waals surface area (Å²) in [6.07, 6.45) is 1.20. The standard InChI is InChI=1S/C19H21N3O5/c1-27-15-6-4-13(5-7-15)16-8-9-17(23)22(20-16)12-18(24)21-10-2-3-14(11-21)19(25)26/h4-9,14H,2-3,10-12H2,1H3,(H,25,26). The van der Waals surface area contributed by atoms with E-state index in [1.165, 1.54) is 11.0 Å². The van der Waals surface area contributed by atoms with Gasteiger partial charge in [0.2, 0.25) is 5.91 Å². The summed E-state index contributed by atoms with van der Waals surface area (Å²) < 4.78 is 6.24. The molecule has 8 heteroatoms. The molecule has 0 saturated carbocycles. The summed E-state index contributed by atoms with van der Waals surface area (Å²) in [5.41, 5.74) is 0.973. The van der Waals surface area contributed by atoms with Gasteiger partial charge in [-0.1, -0.05) is 0 Å². The molecule has 1 aliphatic rings. The zero-order chi connectivity index (χ0) is 19.4. The number of piperidine rings is 1. The highest BCUT2D eigenvalue weighted by molar-refractivity contribution is 5.77. The summed E-state index contributed by atoms with van der Waals surface area (Å²) in [5.74, 6) is -1.05. The number of carboxylic acids is 1. The highest BCUT2D eigenvalue weighted by Crippen LogP contribution is 2.20. The largest absolute Gasteiger partial charge is 0.497 e. The highest BCUT2D eigenvalue weighted by atomic mass is 16.5. The van der Waals surface area contributed by atoms with Crippen molar-refractivity contribution in [1.29, 1.82) is 0 Å². The zero-order valence-electron chi connectivity index (χ0n) is 15.0. The molecule has 3 rings (SSSR count). The van der Waals surface area contributed by atoms with Gasteiger partial charge in [0.05, 0.1) is 18.7 Å². The van der Waals surface area contributed by atoms with E-state index in [-0.39, 0.29) is 24.6 Å². The summed E-state index contributed by atoms with van der Waals surface area (Å²) in [6.45, 7) is 0.450. The third kappa shape index (κ3) is 4.33. The first-order valence-corrected chi connectivity index (χ1v) is 8.71. The zero-order valence-corrected chi connectivity index (χ0v) is 15.0. The maximum atomic E-state index is 12.5. The maximum absolute atomic E-state index is 12.5. The highest BCUT2D eigenvalue weighted by Gasteiger charge is 2.28. The number of amides is 1. The molecule has 0 radical (unpaired) electrons. The Kier molecular flexibility index (Phi) is 5.54. The lowest BCUT2D eigenvalue weighted by Crippen LogP contribution is -2.44. The number of carbonyl (C=O) groups excluding carboxylic acids is 1. The number of ether oxygens (including phenoxy) is 1. The number of methoxy groups -OCH3 is 1. The number of hydrogen-bond donors (Lipinski definition) is 1. The number of carbonyl (C=O) groups is 2. The molecule has 142 valence electrons. The van der Waals surface area contributed by atoms with Crippen LogP contribution in [0.1, 0.15) is 12.8 Å². The minimum absolute atomic E-state index is 0.168. The van der Waals surface area contributed by atoms with Gasteiger partial charge < -0.3 is 14.7 Å². The van der Waals surface area contributed by atoms with Crippen LogP contribution in [0.4, 0.5) is 0 Å². The molecule has 2 aromatic rings. The molecular formula is C19H21N3O5. The fraction of sp³-hybridized carbons (Fsp3) is 0.368. The third-order valence-electron chi connectivity index (χ3n) is 4.66. The van der Waals surface area contributed by atoms with Crippen molar-refractivity contribution in [3.05, 3.63) is 46.8 Å². The van der Waals surface area contributed by atoms with E-state index in [0.717, 1.165) is 10.2 Å². The van der Waals surface area contributed by atoms with Crippen LogP contribution in [-0.2, 0) is 16.1 Å². The molecule has 1 N–H and O–H groups in total. The van der Waals surface area contributed by atoms with Crippen molar-refractivity contribution in [1.82, 2.24) is 14.7 Å². The first-order valence-electron chi connectivity index (χ1n) is 8.71. The van der Waals surface area contributed by atoms with Crippen molar-refractivity contribution in [3.8, 4) is 17.0 Å². The van der Waals surface area contributed by atoms with Crippen molar-refractivity contribution in [2.75, 3.05) is 20.2 Å². The molecule has 27 heavy (non-hydrogen) atoms. The topological polar surface area (TPSA) is 102 Å². The van der Waals surface area contributed by atoms with Crippen LogP contribution in [0.5, 0.6) is 5.75 Å². The van der Waals surface area contributed by atoms with Gasteiger partial charge in [-0.15, -0.1) is 0 Å². The fourth-order valence-electron chi connectivity index (χ4n) is 3.11. The Morgan fingerprint density at radius 1 is 1.22 bits per heavy atom. The second-order valence-electron chi connectivity index (χ2n) is 6.46. The predicted molar refractivity (Wildman–Crippen MR) is 97.4 cm³/mol. The molecule has 0 bridgehead atoms. The van der Waals surface area contributed by atoms with Crippen molar-refractivity contribution in [3.63, 3.8) is 0 Å². The summed E-state index contributed by atoms with van der Waals surface area (Å²) in [7, 11) is 1.58. The molecule has 1 fully saturated rings. The molecule has 1 atom stereocenters. The fourth-order valence-corrected chi connectivity index (χ4v) is 3.11. The van der Waals surface area contributed by atoms with E-state index >= 15 is 0 Å². The monoisotopic (exact) mass is 371 g/mol. The Hall–Kier alpha value is -3.16. The molecule has 0 spiro atoms. The van der Waals surface area contributed by atoms with Crippen LogP contribution in [0.3, 0.4) is 0 Å². The Morgan fingerprint density at radius 3 is 2.63 bits per heavy atom. The number of hydrogen-bond acceptors (Lipinski definition) is 5. The molecule has 1 unspecified atom stereocenters. The Balaban J connectivity index is 1.77. The van der Waals surface area contributed by atoms with E-state index in [4.69, 9.17) is 9.84 Å². The molecule has 8 nitrogen and oxygen atoms in total. The lowest BCUT2D eigenvalue weighted by molar-refractivity contribution is -0.145. The number of likely N-dealkylation sites (tertiary alicyclic amines) is 1. The van der Waals surface area contributed by atoms with Gasteiger partial charge in [0, 0.05) is 24.7 Å². The summed E-state index contributed by atoms with van der Waals surface area (Å²) in [6, 6.07) is 10.2. The molecule has 1 amide bonds. The summed E-state index contributed by atoms with van der Waals surface area (Å²) in [4.78, 5) is 37.3. The number of aromatic nitrogens is 2. The second kappa shape index (κ2) is 8.03. The van der Waals surface area contributed by atoms with Gasteiger partial charge in [-0.2, -0.15) is 5.10 Å². The van der Waals surface area contributed by atoms with E-state index < -0.39 is 11.9 Å². The van der Waals surface area contributed by atoms with Gasteiger partial charge in [0.15, 0.2) is 0 Å². The van der Waals surface area contributed by atoms with Crippen molar-refractivity contribution < 1.29 is 19.4 Å². The minimum Gasteiger partial charge on any atom is -0.497 e. The molecule has 2 heterocycles. The first kappa shape index (κ1) is 18.6.